The van der Waals surface area contributed by atoms with Crippen molar-refractivity contribution in [1.82, 2.24) is 9.38 Å². The minimum atomic E-state index is 0.287. The molecule has 2 aromatic heterocycles. The van der Waals surface area contributed by atoms with Crippen molar-refractivity contribution in [2.45, 2.75) is 25.5 Å². The van der Waals surface area contributed by atoms with Gasteiger partial charge in [0.05, 0.1) is 10.7 Å². The predicted octanol–water partition coefficient (Wildman–Crippen LogP) is 4.76. The van der Waals surface area contributed by atoms with Crippen molar-refractivity contribution in [3.8, 4) is 0 Å². The van der Waals surface area contributed by atoms with E-state index in [0.717, 1.165) is 34.9 Å². The van der Waals surface area contributed by atoms with E-state index in [0.29, 0.717) is 10.9 Å². The van der Waals surface area contributed by atoms with E-state index in [1.54, 1.807) is 17.8 Å². The van der Waals surface area contributed by atoms with Crippen LogP contribution in [0.3, 0.4) is 0 Å². The first kappa shape index (κ1) is 15.2. The van der Waals surface area contributed by atoms with Gasteiger partial charge >= 0.3 is 0 Å². The van der Waals surface area contributed by atoms with Gasteiger partial charge in [-0.1, -0.05) is 17.7 Å². The molecule has 4 nitrogen and oxygen atoms in total. The third-order valence-electron chi connectivity index (χ3n) is 3.33. The molecule has 0 bridgehead atoms. The van der Waals surface area contributed by atoms with Gasteiger partial charge in [0.25, 0.3) is 0 Å². The molecule has 0 amide bonds. The summed E-state index contributed by atoms with van der Waals surface area (Å²) in [6.07, 6.45) is 7.06. The summed E-state index contributed by atoms with van der Waals surface area (Å²) in [5.41, 5.74) is 2.64. The highest BCUT2D eigenvalue weighted by atomic mass is 35.5. The Balaban J connectivity index is 1.79. The minimum Gasteiger partial charge on any atom is -0.508 e. The van der Waals surface area contributed by atoms with Gasteiger partial charge in [0.2, 0.25) is 0 Å². The highest BCUT2D eigenvalue weighted by Gasteiger charge is 2.12. The number of aromatic nitrogens is 2. The SMILES string of the molecule is CC1=C/C(O)=C\CC/C(SCc2c(Cl)nc3ccccn23)=N\1. The van der Waals surface area contributed by atoms with Crippen LogP contribution in [-0.4, -0.2) is 19.5 Å². The third-order valence-corrected chi connectivity index (χ3v) is 4.67. The van der Waals surface area contributed by atoms with Crippen LogP contribution in [0, 0.1) is 0 Å². The van der Waals surface area contributed by atoms with Gasteiger partial charge in [-0.2, -0.15) is 0 Å². The fourth-order valence-corrected chi connectivity index (χ4v) is 3.68. The molecule has 0 spiro atoms. The highest BCUT2D eigenvalue weighted by Crippen LogP contribution is 2.25. The van der Waals surface area contributed by atoms with Crippen LogP contribution in [-0.2, 0) is 5.75 Å². The number of imidazole rings is 1. The molecule has 1 aliphatic rings. The number of rotatable bonds is 2. The van der Waals surface area contributed by atoms with Gasteiger partial charge in [0.1, 0.15) is 11.4 Å². The summed E-state index contributed by atoms with van der Waals surface area (Å²) in [5.74, 6) is 1.00. The molecule has 0 saturated heterocycles. The summed E-state index contributed by atoms with van der Waals surface area (Å²) in [4.78, 5) is 8.92. The van der Waals surface area contributed by atoms with Gasteiger partial charge in [0, 0.05) is 23.7 Å². The zero-order valence-electron chi connectivity index (χ0n) is 12.2. The molecule has 114 valence electrons. The Morgan fingerprint density at radius 2 is 2.27 bits per heavy atom. The number of aliphatic imine (C=N–C) groups is 1. The van der Waals surface area contributed by atoms with Crippen LogP contribution in [0.5, 0.6) is 0 Å². The van der Waals surface area contributed by atoms with Crippen LogP contribution in [0.25, 0.3) is 5.65 Å². The second-order valence-electron chi connectivity index (χ2n) is 5.03. The van der Waals surface area contributed by atoms with E-state index in [1.807, 2.05) is 41.8 Å². The van der Waals surface area contributed by atoms with E-state index >= 15 is 0 Å². The molecule has 0 aromatic carbocycles. The van der Waals surface area contributed by atoms with Crippen molar-refractivity contribution in [2.24, 2.45) is 4.99 Å². The van der Waals surface area contributed by atoms with Crippen molar-refractivity contribution >= 4 is 34.1 Å². The number of hydrogen-bond acceptors (Lipinski definition) is 4. The van der Waals surface area contributed by atoms with Crippen LogP contribution in [0.1, 0.15) is 25.5 Å². The summed E-state index contributed by atoms with van der Waals surface area (Å²) in [6.45, 7) is 1.89. The lowest BCUT2D eigenvalue weighted by atomic mass is 10.2. The van der Waals surface area contributed by atoms with Gasteiger partial charge < -0.3 is 9.51 Å². The van der Waals surface area contributed by atoms with Crippen molar-refractivity contribution in [1.29, 1.82) is 0 Å². The van der Waals surface area contributed by atoms with E-state index < -0.39 is 0 Å². The van der Waals surface area contributed by atoms with E-state index in [2.05, 4.69) is 9.98 Å². The molecule has 0 radical (unpaired) electrons. The average molecular weight is 334 g/mol. The lowest BCUT2D eigenvalue weighted by molar-refractivity contribution is 0.428. The summed E-state index contributed by atoms with van der Waals surface area (Å²) in [7, 11) is 0. The van der Waals surface area contributed by atoms with E-state index in [4.69, 9.17) is 11.6 Å². The van der Waals surface area contributed by atoms with Crippen molar-refractivity contribution in [3.05, 3.63) is 58.9 Å². The first-order valence-electron chi connectivity index (χ1n) is 7.03. The Morgan fingerprint density at radius 1 is 1.41 bits per heavy atom. The Hall–Kier alpha value is -1.72. The van der Waals surface area contributed by atoms with Crippen LogP contribution < -0.4 is 0 Å². The number of allylic oxidation sites excluding steroid dienone is 3. The van der Waals surface area contributed by atoms with Crippen molar-refractivity contribution in [2.75, 3.05) is 0 Å². The fraction of sp³-hybridized carbons (Fsp3) is 0.250. The molecule has 0 atom stereocenters. The predicted molar refractivity (Wildman–Crippen MR) is 92.6 cm³/mol. The number of hydrogen-bond donors (Lipinski definition) is 1. The van der Waals surface area contributed by atoms with E-state index in [9.17, 15) is 5.11 Å². The second-order valence-corrected chi connectivity index (χ2v) is 6.43. The smallest absolute Gasteiger partial charge is 0.152 e. The highest BCUT2D eigenvalue weighted by molar-refractivity contribution is 8.13. The first-order chi connectivity index (χ1) is 10.6. The normalized spacial score (nSPS) is 22.9. The van der Waals surface area contributed by atoms with Gasteiger partial charge in [-0.05, 0) is 38.0 Å². The summed E-state index contributed by atoms with van der Waals surface area (Å²) in [5, 5.41) is 11.2. The lowest BCUT2D eigenvalue weighted by Gasteiger charge is -2.08. The van der Waals surface area contributed by atoms with Gasteiger partial charge in [-0.3, -0.25) is 4.99 Å². The zero-order chi connectivity index (χ0) is 15.5. The quantitative estimate of drug-likeness (QED) is 0.862. The number of pyridine rings is 1. The zero-order valence-corrected chi connectivity index (χ0v) is 13.7. The number of nitrogens with zero attached hydrogens (tertiary/aromatic N) is 3. The molecule has 0 saturated carbocycles. The standard InChI is InChI=1S/C16H16ClN3OS/c1-11-9-12(21)5-4-7-15(18-11)22-10-13-16(17)19-14-6-2-3-8-20(13)14/h2-3,5-6,8-9,21H,4,7,10H2,1H3/b11-9-,12-5+,18-15+. The Morgan fingerprint density at radius 3 is 3.14 bits per heavy atom. The summed E-state index contributed by atoms with van der Waals surface area (Å²) < 4.78 is 2.01. The first-order valence-corrected chi connectivity index (χ1v) is 8.39. The maximum Gasteiger partial charge on any atom is 0.152 e. The number of fused-ring (bicyclic) bond motifs is 1. The van der Waals surface area contributed by atoms with Crippen LogP contribution >= 0.6 is 23.4 Å². The Labute approximate surface area is 138 Å². The Bertz CT molecular complexity index is 792. The fourth-order valence-electron chi connectivity index (χ4n) is 2.30. The largest absolute Gasteiger partial charge is 0.508 e. The molecule has 6 heteroatoms. The van der Waals surface area contributed by atoms with Crippen LogP contribution in [0.4, 0.5) is 0 Å². The van der Waals surface area contributed by atoms with Crippen LogP contribution in [0.15, 0.2) is 53.0 Å². The molecule has 0 aliphatic carbocycles. The molecule has 22 heavy (non-hydrogen) atoms. The molecular weight excluding hydrogens is 318 g/mol. The topological polar surface area (TPSA) is 49.9 Å². The minimum absolute atomic E-state index is 0.287. The molecule has 1 N–H and O–H groups in total. The van der Waals surface area contributed by atoms with Gasteiger partial charge in [-0.15, -0.1) is 11.8 Å². The monoisotopic (exact) mass is 333 g/mol. The second kappa shape index (κ2) is 6.58. The third kappa shape index (κ3) is 3.36. The van der Waals surface area contributed by atoms with Crippen molar-refractivity contribution in [3.63, 3.8) is 0 Å². The summed E-state index contributed by atoms with van der Waals surface area (Å²) >= 11 is 7.92. The molecule has 3 rings (SSSR count). The lowest BCUT2D eigenvalue weighted by Crippen LogP contribution is -1.99. The average Bonchev–Trinajstić information content (AvgIpc) is 2.78. The molecule has 0 unspecified atom stereocenters. The van der Waals surface area contributed by atoms with Crippen LogP contribution in [0.2, 0.25) is 5.15 Å². The van der Waals surface area contributed by atoms with E-state index in [-0.39, 0.29) is 5.76 Å². The Kier molecular flexibility index (Phi) is 4.55. The number of aliphatic hydroxyl groups is 1. The van der Waals surface area contributed by atoms with Gasteiger partial charge in [-0.25, -0.2) is 4.98 Å². The molecule has 0 fully saturated rings. The molecular formula is C16H16ClN3OS. The summed E-state index contributed by atoms with van der Waals surface area (Å²) in [6, 6.07) is 5.85. The number of halogens is 1. The molecule has 1 aliphatic heterocycles. The van der Waals surface area contributed by atoms with Gasteiger partial charge in [0.15, 0.2) is 5.15 Å². The number of aliphatic hydroxyl groups excluding tert-OH is 1. The molecule has 3 heterocycles. The number of thioether (sulfide) groups is 1. The molecule has 2 aromatic rings. The van der Waals surface area contributed by atoms with Crippen molar-refractivity contribution < 1.29 is 5.11 Å². The van der Waals surface area contributed by atoms with E-state index in [1.165, 1.54) is 0 Å². The maximum atomic E-state index is 9.59. The maximum absolute atomic E-state index is 9.59.